The van der Waals surface area contributed by atoms with Gasteiger partial charge in [-0.1, -0.05) is 0 Å². The number of thiazole rings is 1. The normalized spacial score (nSPS) is 11.8. The fourth-order valence-electron chi connectivity index (χ4n) is 1.83. The summed E-state index contributed by atoms with van der Waals surface area (Å²) in [6, 6.07) is 0. The quantitative estimate of drug-likeness (QED) is 0.815. The van der Waals surface area contributed by atoms with E-state index in [1.807, 2.05) is 46.1 Å². The molecule has 0 atom stereocenters. The predicted octanol–water partition coefficient (Wildman–Crippen LogP) is 0.844. The molecule has 0 aliphatic carbocycles. The zero-order valence-electron chi connectivity index (χ0n) is 11.1. The lowest BCUT2D eigenvalue weighted by molar-refractivity contribution is -0.138. The molecule has 2 rings (SSSR count). The molecule has 0 saturated heterocycles. The second-order valence-corrected chi connectivity index (χ2v) is 5.61. The summed E-state index contributed by atoms with van der Waals surface area (Å²) < 4.78 is 1.96. The summed E-state index contributed by atoms with van der Waals surface area (Å²) in [5.41, 5.74) is 0.909. The number of carbonyl (C=O) groups is 1. The van der Waals surface area contributed by atoms with Gasteiger partial charge in [-0.05, 0) is 14.1 Å². The second kappa shape index (κ2) is 6.14. The number of likely N-dealkylation sites (N-methyl/N-ethyl adjacent to an activating group) is 1. The largest absolute Gasteiger partial charge is 0.480 e. The molecule has 2 aromatic rings. The molecule has 0 amide bonds. The number of hydrogen-bond donors (Lipinski definition) is 1. The molecule has 2 heterocycles. The van der Waals surface area contributed by atoms with E-state index in [2.05, 4.69) is 4.98 Å². The van der Waals surface area contributed by atoms with Gasteiger partial charge < -0.3 is 10.0 Å². The molecular weight excluding hydrogens is 264 g/mol. The van der Waals surface area contributed by atoms with Crippen LogP contribution >= 0.6 is 11.3 Å². The first-order valence-corrected chi connectivity index (χ1v) is 6.92. The van der Waals surface area contributed by atoms with Crippen molar-refractivity contribution in [1.29, 1.82) is 0 Å². The minimum absolute atomic E-state index is 0.0407. The Kier molecular flexibility index (Phi) is 4.52. The number of aromatic nitrogens is 2. The Morgan fingerprint density at radius 3 is 2.89 bits per heavy atom. The van der Waals surface area contributed by atoms with E-state index in [0.29, 0.717) is 13.1 Å². The van der Waals surface area contributed by atoms with Gasteiger partial charge in [0.2, 0.25) is 0 Å². The number of carboxylic acid groups (broad SMARTS) is 1. The highest BCUT2D eigenvalue weighted by molar-refractivity contribution is 7.15. The van der Waals surface area contributed by atoms with Gasteiger partial charge in [-0.25, -0.2) is 4.98 Å². The highest BCUT2D eigenvalue weighted by Gasteiger charge is 2.13. The van der Waals surface area contributed by atoms with Crippen molar-refractivity contribution in [3.05, 3.63) is 23.5 Å². The predicted molar refractivity (Wildman–Crippen MR) is 74.5 cm³/mol. The summed E-state index contributed by atoms with van der Waals surface area (Å²) >= 11 is 1.58. The molecule has 0 fully saturated rings. The Morgan fingerprint density at radius 1 is 1.47 bits per heavy atom. The zero-order chi connectivity index (χ0) is 13.8. The number of carboxylic acids is 1. The first kappa shape index (κ1) is 14.0. The third-order valence-electron chi connectivity index (χ3n) is 2.75. The number of fused-ring (bicyclic) bond motifs is 1. The summed E-state index contributed by atoms with van der Waals surface area (Å²) in [6.45, 7) is 2.15. The molecular formula is C12H18N4O2S. The highest BCUT2D eigenvalue weighted by Crippen LogP contribution is 2.12. The zero-order valence-corrected chi connectivity index (χ0v) is 11.9. The minimum Gasteiger partial charge on any atom is -0.480 e. The molecule has 0 radical (unpaired) electrons. The third-order valence-corrected chi connectivity index (χ3v) is 3.52. The van der Waals surface area contributed by atoms with Crippen molar-refractivity contribution in [1.82, 2.24) is 19.2 Å². The van der Waals surface area contributed by atoms with Crippen molar-refractivity contribution in [3.8, 4) is 0 Å². The van der Waals surface area contributed by atoms with E-state index in [9.17, 15) is 4.79 Å². The fraction of sp³-hybridized carbons (Fsp3) is 0.500. The van der Waals surface area contributed by atoms with E-state index in [0.717, 1.165) is 17.2 Å². The van der Waals surface area contributed by atoms with E-state index in [1.165, 1.54) is 0 Å². The molecule has 0 spiro atoms. The van der Waals surface area contributed by atoms with Gasteiger partial charge in [0.25, 0.3) is 0 Å². The molecule has 0 unspecified atom stereocenters. The number of nitrogens with zero attached hydrogens (tertiary/aromatic N) is 4. The number of rotatable bonds is 7. The Morgan fingerprint density at radius 2 is 2.26 bits per heavy atom. The molecule has 2 aromatic heterocycles. The summed E-state index contributed by atoms with van der Waals surface area (Å²) in [7, 11) is 3.96. The van der Waals surface area contributed by atoms with Crippen LogP contribution in [0.2, 0.25) is 0 Å². The third kappa shape index (κ3) is 4.02. The van der Waals surface area contributed by atoms with Gasteiger partial charge in [0.1, 0.15) is 0 Å². The van der Waals surface area contributed by atoms with Gasteiger partial charge in [-0.15, -0.1) is 11.3 Å². The Labute approximate surface area is 115 Å². The molecule has 0 saturated carbocycles. The van der Waals surface area contributed by atoms with Crippen LogP contribution in [0.5, 0.6) is 0 Å². The van der Waals surface area contributed by atoms with Crippen LogP contribution in [-0.4, -0.2) is 64.0 Å². The summed E-state index contributed by atoms with van der Waals surface area (Å²) in [5.74, 6) is -0.806. The molecule has 0 aliphatic heterocycles. The van der Waals surface area contributed by atoms with Crippen molar-refractivity contribution < 1.29 is 9.90 Å². The van der Waals surface area contributed by atoms with Crippen LogP contribution < -0.4 is 0 Å². The van der Waals surface area contributed by atoms with Crippen LogP contribution in [-0.2, 0) is 11.3 Å². The Hall–Kier alpha value is -1.44. The maximum absolute atomic E-state index is 10.9. The molecule has 0 aromatic carbocycles. The molecule has 7 heteroatoms. The second-order valence-electron chi connectivity index (χ2n) is 4.73. The fourth-order valence-corrected chi connectivity index (χ4v) is 2.55. The van der Waals surface area contributed by atoms with Gasteiger partial charge in [-0.3, -0.25) is 14.1 Å². The van der Waals surface area contributed by atoms with E-state index in [1.54, 1.807) is 11.3 Å². The topological polar surface area (TPSA) is 61.1 Å². The van der Waals surface area contributed by atoms with Crippen molar-refractivity contribution in [2.75, 3.05) is 33.7 Å². The molecule has 0 bridgehead atoms. The first-order valence-electron chi connectivity index (χ1n) is 6.04. The molecule has 1 N–H and O–H groups in total. The van der Waals surface area contributed by atoms with Gasteiger partial charge in [0.05, 0.1) is 12.2 Å². The smallest absolute Gasteiger partial charge is 0.317 e. The maximum atomic E-state index is 10.9. The van der Waals surface area contributed by atoms with E-state index >= 15 is 0 Å². The lowest BCUT2D eigenvalue weighted by Crippen LogP contribution is -2.35. The minimum atomic E-state index is -0.806. The van der Waals surface area contributed by atoms with Gasteiger partial charge in [0.15, 0.2) is 4.96 Å². The van der Waals surface area contributed by atoms with E-state index in [-0.39, 0.29) is 6.54 Å². The highest BCUT2D eigenvalue weighted by atomic mass is 32.1. The monoisotopic (exact) mass is 282 g/mol. The van der Waals surface area contributed by atoms with Crippen LogP contribution in [0, 0.1) is 0 Å². The SMILES string of the molecule is CN(C)CCN(CC(=O)O)Cc1cn2ccsc2n1. The average Bonchev–Trinajstić information content (AvgIpc) is 2.85. The Bertz CT molecular complexity index is 520. The molecule has 6 nitrogen and oxygen atoms in total. The van der Waals surface area contributed by atoms with Gasteiger partial charge in [0, 0.05) is 37.4 Å². The van der Waals surface area contributed by atoms with Crippen LogP contribution in [0.25, 0.3) is 4.96 Å². The standard InChI is InChI=1S/C12H18N4O2S/c1-14(2)3-4-15(9-11(17)18)7-10-8-16-5-6-19-12(16)13-10/h5-6,8H,3-4,7,9H2,1-2H3,(H,17,18). The summed E-state index contributed by atoms with van der Waals surface area (Å²) in [6.07, 6.45) is 3.91. The lowest BCUT2D eigenvalue weighted by Gasteiger charge is -2.21. The van der Waals surface area contributed by atoms with Crippen LogP contribution in [0.1, 0.15) is 5.69 Å². The van der Waals surface area contributed by atoms with Gasteiger partial charge in [-0.2, -0.15) is 0 Å². The maximum Gasteiger partial charge on any atom is 0.317 e. The van der Waals surface area contributed by atoms with Crippen LogP contribution in [0.15, 0.2) is 17.8 Å². The molecule has 0 aliphatic rings. The average molecular weight is 282 g/mol. The lowest BCUT2D eigenvalue weighted by atomic mass is 10.3. The van der Waals surface area contributed by atoms with E-state index < -0.39 is 5.97 Å². The first-order chi connectivity index (χ1) is 9.04. The molecule has 104 valence electrons. The van der Waals surface area contributed by atoms with E-state index in [4.69, 9.17) is 5.11 Å². The van der Waals surface area contributed by atoms with Crippen molar-refractivity contribution in [2.24, 2.45) is 0 Å². The van der Waals surface area contributed by atoms with Crippen molar-refractivity contribution >= 4 is 22.3 Å². The van der Waals surface area contributed by atoms with Crippen LogP contribution in [0.3, 0.4) is 0 Å². The Balaban J connectivity index is 2.01. The van der Waals surface area contributed by atoms with Crippen LogP contribution in [0.4, 0.5) is 0 Å². The van der Waals surface area contributed by atoms with Crippen molar-refractivity contribution in [3.63, 3.8) is 0 Å². The van der Waals surface area contributed by atoms with Gasteiger partial charge >= 0.3 is 5.97 Å². The summed E-state index contributed by atoms with van der Waals surface area (Å²) in [5, 5.41) is 10.9. The van der Waals surface area contributed by atoms with Crippen molar-refractivity contribution in [2.45, 2.75) is 6.54 Å². The number of aliphatic carboxylic acids is 1. The number of imidazole rings is 1. The summed E-state index contributed by atoms with van der Waals surface area (Å²) in [4.78, 5) is 20.3. The molecule has 19 heavy (non-hydrogen) atoms. The number of hydrogen-bond acceptors (Lipinski definition) is 5.